The van der Waals surface area contributed by atoms with Gasteiger partial charge in [-0.15, -0.1) is 0 Å². The number of ketones is 1. The number of aliphatic hydroxyl groups excluding tert-OH is 1. The first-order valence-corrected chi connectivity index (χ1v) is 8.58. The van der Waals surface area contributed by atoms with Gasteiger partial charge in [-0.2, -0.15) is 0 Å². The average Bonchev–Trinajstić information content (AvgIpc) is 2.67. The lowest BCUT2D eigenvalue weighted by Crippen LogP contribution is -2.25. The van der Waals surface area contributed by atoms with Crippen molar-refractivity contribution in [2.45, 2.75) is 32.8 Å². The van der Waals surface area contributed by atoms with E-state index in [9.17, 15) is 14.7 Å². The Bertz CT molecular complexity index is 725. The zero-order valence-corrected chi connectivity index (χ0v) is 15.0. The van der Waals surface area contributed by atoms with Crippen LogP contribution < -0.4 is 4.74 Å². The van der Waals surface area contributed by atoms with Crippen LogP contribution in [0.3, 0.4) is 0 Å². The minimum absolute atomic E-state index is 0.108. The van der Waals surface area contributed by atoms with Crippen LogP contribution in [0.1, 0.15) is 35.5 Å². The lowest BCUT2D eigenvalue weighted by molar-refractivity contribution is -0.152. The van der Waals surface area contributed by atoms with Crippen molar-refractivity contribution in [1.82, 2.24) is 4.98 Å². The topological polar surface area (TPSA) is 85.7 Å². The van der Waals surface area contributed by atoms with Gasteiger partial charge in [0, 0.05) is 12.6 Å². The van der Waals surface area contributed by atoms with Gasteiger partial charge in [-0.25, -0.2) is 4.79 Å². The predicted octanol–water partition coefficient (Wildman–Crippen LogP) is 2.37. The third-order valence-electron chi connectivity index (χ3n) is 3.80. The molecule has 0 amide bonds. The van der Waals surface area contributed by atoms with Crippen LogP contribution in [0.25, 0.3) is 0 Å². The Labute approximate surface area is 152 Å². The van der Waals surface area contributed by atoms with Crippen LogP contribution in [-0.4, -0.2) is 41.2 Å². The fourth-order valence-corrected chi connectivity index (χ4v) is 2.29. The van der Waals surface area contributed by atoms with Crippen molar-refractivity contribution in [1.29, 1.82) is 0 Å². The van der Waals surface area contributed by atoms with Gasteiger partial charge in [-0.1, -0.05) is 25.1 Å². The number of hydrogen-bond donors (Lipinski definition) is 1. The number of esters is 1. The van der Waals surface area contributed by atoms with Crippen LogP contribution in [0.2, 0.25) is 0 Å². The summed E-state index contributed by atoms with van der Waals surface area (Å²) in [7, 11) is 0. The van der Waals surface area contributed by atoms with E-state index < -0.39 is 12.1 Å². The molecule has 0 aliphatic heterocycles. The number of aryl methyl sites for hydroxylation is 1. The minimum atomic E-state index is -1.19. The second-order valence-corrected chi connectivity index (χ2v) is 5.73. The number of aliphatic hydroxyl groups is 1. The molecule has 2 aromatic rings. The van der Waals surface area contributed by atoms with Gasteiger partial charge >= 0.3 is 5.97 Å². The summed E-state index contributed by atoms with van der Waals surface area (Å²) in [6.45, 7) is 3.83. The Morgan fingerprint density at radius 1 is 1.08 bits per heavy atom. The summed E-state index contributed by atoms with van der Waals surface area (Å²) in [5, 5.41) is 9.75. The van der Waals surface area contributed by atoms with Crippen LogP contribution >= 0.6 is 0 Å². The van der Waals surface area contributed by atoms with Crippen LogP contribution in [0, 0.1) is 0 Å². The first-order chi connectivity index (χ1) is 12.5. The second kappa shape index (κ2) is 9.68. The number of pyridine rings is 1. The average molecular weight is 357 g/mol. The molecule has 138 valence electrons. The lowest BCUT2D eigenvalue weighted by Gasteiger charge is -2.10. The van der Waals surface area contributed by atoms with Crippen molar-refractivity contribution in [3.8, 4) is 5.75 Å². The lowest BCUT2D eigenvalue weighted by atomic mass is 10.1. The van der Waals surface area contributed by atoms with Crippen molar-refractivity contribution < 1.29 is 24.2 Å². The molecule has 6 nitrogen and oxygen atoms in total. The van der Waals surface area contributed by atoms with Crippen LogP contribution in [0.5, 0.6) is 5.75 Å². The van der Waals surface area contributed by atoms with Gasteiger partial charge < -0.3 is 14.6 Å². The fraction of sp³-hybridized carbons (Fsp3) is 0.350. The molecule has 26 heavy (non-hydrogen) atoms. The quantitative estimate of drug-likeness (QED) is 0.548. The third-order valence-corrected chi connectivity index (χ3v) is 3.80. The molecule has 0 aliphatic carbocycles. The van der Waals surface area contributed by atoms with E-state index in [0.717, 1.165) is 17.5 Å². The van der Waals surface area contributed by atoms with Crippen molar-refractivity contribution in [2.75, 3.05) is 13.2 Å². The second-order valence-electron chi connectivity index (χ2n) is 5.73. The maximum absolute atomic E-state index is 12.1. The number of hydrogen-bond acceptors (Lipinski definition) is 6. The molecule has 1 heterocycles. The molecule has 1 aromatic heterocycles. The Morgan fingerprint density at radius 2 is 1.77 bits per heavy atom. The summed E-state index contributed by atoms with van der Waals surface area (Å²) in [5.41, 5.74) is 2.21. The Hall–Kier alpha value is -2.73. The number of aromatic nitrogens is 1. The van der Waals surface area contributed by atoms with Gasteiger partial charge in [0.05, 0.1) is 6.61 Å². The van der Waals surface area contributed by atoms with E-state index in [0.29, 0.717) is 11.4 Å². The van der Waals surface area contributed by atoms with E-state index in [1.165, 1.54) is 0 Å². The molecule has 1 unspecified atom stereocenters. The van der Waals surface area contributed by atoms with Gasteiger partial charge in [-0.3, -0.25) is 9.78 Å². The summed E-state index contributed by atoms with van der Waals surface area (Å²) >= 11 is 0. The number of carbonyl (C=O) groups excluding carboxylic acids is 2. The summed E-state index contributed by atoms with van der Waals surface area (Å²) in [5.74, 6) is -0.313. The fourth-order valence-electron chi connectivity index (χ4n) is 2.29. The summed E-state index contributed by atoms with van der Waals surface area (Å²) in [4.78, 5) is 27.7. The Kier molecular flexibility index (Phi) is 7.29. The normalized spacial score (nSPS) is 11.7. The summed E-state index contributed by atoms with van der Waals surface area (Å²) in [6.07, 6.45) is 1.53. The highest BCUT2D eigenvalue weighted by Gasteiger charge is 2.16. The van der Waals surface area contributed by atoms with E-state index in [-0.39, 0.29) is 25.4 Å². The Morgan fingerprint density at radius 3 is 2.35 bits per heavy atom. The molecular weight excluding hydrogens is 334 g/mol. The van der Waals surface area contributed by atoms with Crippen molar-refractivity contribution in [3.05, 3.63) is 59.4 Å². The van der Waals surface area contributed by atoms with E-state index in [2.05, 4.69) is 4.98 Å². The van der Waals surface area contributed by atoms with Gasteiger partial charge in [0.1, 0.15) is 11.4 Å². The van der Waals surface area contributed by atoms with Crippen molar-refractivity contribution in [2.24, 2.45) is 0 Å². The highest BCUT2D eigenvalue weighted by molar-refractivity contribution is 5.95. The van der Waals surface area contributed by atoms with Crippen molar-refractivity contribution >= 4 is 11.8 Å². The summed E-state index contributed by atoms with van der Waals surface area (Å²) in [6, 6.07) is 10.4. The first kappa shape index (κ1) is 19.6. The zero-order chi connectivity index (χ0) is 18.9. The van der Waals surface area contributed by atoms with Crippen LogP contribution in [-0.2, 0) is 22.4 Å². The van der Waals surface area contributed by atoms with Gasteiger partial charge in [0.25, 0.3) is 0 Å². The van der Waals surface area contributed by atoms with E-state index >= 15 is 0 Å². The number of nitrogens with zero attached hydrogens (tertiary/aromatic N) is 1. The Balaban J connectivity index is 1.86. The van der Waals surface area contributed by atoms with Gasteiger partial charge in [-0.05, 0) is 42.7 Å². The molecule has 0 bridgehead atoms. The molecule has 0 radical (unpaired) electrons. The summed E-state index contributed by atoms with van der Waals surface area (Å²) < 4.78 is 10.2. The van der Waals surface area contributed by atoms with Gasteiger partial charge in [0.2, 0.25) is 5.78 Å². The molecular formula is C20H23NO5. The smallest absolute Gasteiger partial charge is 0.335 e. The maximum Gasteiger partial charge on any atom is 0.335 e. The number of ether oxygens (including phenoxy) is 2. The minimum Gasteiger partial charge on any atom is -0.485 e. The highest BCUT2D eigenvalue weighted by atomic mass is 16.5. The van der Waals surface area contributed by atoms with E-state index in [4.69, 9.17) is 9.47 Å². The van der Waals surface area contributed by atoms with E-state index in [1.807, 2.05) is 13.0 Å². The first-order valence-electron chi connectivity index (χ1n) is 8.58. The SMILES string of the molecule is CCOC(=O)C(O)Cc1ccc(OCC(=O)c2ccc(CC)cn2)cc1. The largest absolute Gasteiger partial charge is 0.485 e. The zero-order valence-electron chi connectivity index (χ0n) is 15.0. The number of rotatable bonds is 9. The van der Waals surface area contributed by atoms with Crippen LogP contribution in [0.4, 0.5) is 0 Å². The molecule has 6 heteroatoms. The number of benzene rings is 1. The number of Topliss-reactive ketones (excluding diaryl/α,β-unsaturated/α-hetero) is 1. The molecule has 2 rings (SSSR count). The molecule has 0 saturated carbocycles. The molecule has 1 aromatic carbocycles. The third kappa shape index (κ3) is 5.67. The highest BCUT2D eigenvalue weighted by Crippen LogP contribution is 2.14. The monoisotopic (exact) mass is 357 g/mol. The molecule has 1 atom stereocenters. The maximum atomic E-state index is 12.1. The standard InChI is InChI=1S/C20H23NO5/c1-3-14-7-10-17(21-12-14)19(23)13-26-16-8-5-15(6-9-16)11-18(22)20(24)25-4-2/h5-10,12,18,22H,3-4,11,13H2,1-2H3. The van der Waals surface area contributed by atoms with Gasteiger partial charge in [0.15, 0.2) is 12.7 Å². The molecule has 0 saturated heterocycles. The molecule has 0 fully saturated rings. The van der Waals surface area contributed by atoms with Crippen molar-refractivity contribution in [3.63, 3.8) is 0 Å². The molecule has 1 N–H and O–H groups in total. The molecule has 0 aliphatic rings. The van der Waals surface area contributed by atoms with Crippen LogP contribution in [0.15, 0.2) is 42.6 Å². The predicted molar refractivity (Wildman–Crippen MR) is 96.2 cm³/mol. The van der Waals surface area contributed by atoms with E-state index in [1.54, 1.807) is 43.5 Å². The number of carbonyl (C=O) groups is 2. The molecule has 0 spiro atoms.